The van der Waals surface area contributed by atoms with Gasteiger partial charge in [0.2, 0.25) is 0 Å². The summed E-state index contributed by atoms with van der Waals surface area (Å²) < 4.78 is 5.91. The van der Waals surface area contributed by atoms with Crippen molar-refractivity contribution >= 4 is 17.7 Å². The van der Waals surface area contributed by atoms with Gasteiger partial charge >= 0.3 is 6.09 Å². The van der Waals surface area contributed by atoms with Crippen LogP contribution in [0.4, 0.5) is 4.79 Å². The third kappa shape index (κ3) is 3.85. The smallest absolute Gasteiger partial charge is 0.407 e. The van der Waals surface area contributed by atoms with E-state index in [1.54, 1.807) is 0 Å². The van der Waals surface area contributed by atoms with E-state index in [0.29, 0.717) is 5.92 Å². The highest BCUT2D eigenvalue weighted by atomic mass is 35.5. The van der Waals surface area contributed by atoms with Crippen LogP contribution in [-0.2, 0) is 11.2 Å². The van der Waals surface area contributed by atoms with Crippen LogP contribution in [0.5, 0.6) is 0 Å². The molecular weight excluding hydrogens is 408 g/mol. The molecular formula is C26H31ClN2O2. The summed E-state index contributed by atoms with van der Waals surface area (Å²) in [7, 11) is 0. The van der Waals surface area contributed by atoms with Crippen molar-refractivity contribution in [2.75, 3.05) is 19.6 Å². The van der Waals surface area contributed by atoms with Gasteiger partial charge in [-0.1, -0.05) is 55.8 Å². The summed E-state index contributed by atoms with van der Waals surface area (Å²) >= 11 is 6.35. The number of benzene rings is 2. The zero-order chi connectivity index (χ0) is 21.8. The molecule has 0 radical (unpaired) electrons. The fraction of sp³-hybridized carbons (Fsp3) is 0.500. The number of halogens is 1. The van der Waals surface area contributed by atoms with Gasteiger partial charge in [0.1, 0.15) is 6.10 Å². The molecule has 1 amide bonds. The second kappa shape index (κ2) is 7.83. The van der Waals surface area contributed by atoms with Gasteiger partial charge in [-0.2, -0.15) is 0 Å². The van der Waals surface area contributed by atoms with Gasteiger partial charge < -0.3 is 10.1 Å². The van der Waals surface area contributed by atoms with E-state index >= 15 is 0 Å². The van der Waals surface area contributed by atoms with Gasteiger partial charge in [0.25, 0.3) is 0 Å². The lowest BCUT2D eigenvalue weighted by Gasteiger charge is -2.44. The van der Waals surface area contributed by atoms with Crippen molar-refractivity contribution in [3.63, 3.8) is 0 Å². The summed E-state index contributed by atoms with van der Waals surface area (Å²) in [6.45, 7) is 9.66. The normalized spacial score (nSPS) is 28.3. The highest BCUT2D eigenvalue weighted by Gasteiger charge is 2.42. The minimum absolute atomic E-state index is 0.0275. The van der Waals surface area contributed by atoms with Crippen LogP contribution >= 0.6 is 11.6 Å². The van der Waals surface area contributed by atoms with Crippen molar-refractivity contribution in [1.82, 2.24) is 10.2 Å². The van der Waals surface area contributed by atoms with Crippen LogP contribution in [0, 0.1) is 18.3 Å². The fourth-order valence-electron chi connectivity index (χ4n) is 5.75. The second-order valence-corrected chi connectivity index (χ2v) is 10.6. The average molecular weight is 439 g/mol. The predicted octanol–water partition coefficient (Wildman–Crippen LogP) is 5.76. The lowest BCUT2D eigenvalue weighted by atomic mass is 9.85. The van der Waals surface area contributed by atoms with Gasteiger partial charge in [0.15, 0.2) is 0 Å². The number of ether oxygens (including phenoxy) is 1. The number of alkyl carbamates (subject to hydrolysis) is 1. The van der Waals surface area contributed by atoms with Crippen molar-refractivity contribution in [2.45, 2.75) is 52.2 Å². The van der Waals surface area contributed by atoms with Crippen LogP contribution in [0.1, 0.15) is 49.4 Å². The summed E-state index contributed by atoms with van der Waals surface area (Å²) in [5.41, 5.74) is 5.83. The van der Waals surface area contributed by atoms with Crippen LogP contribution in [0.3, 0.4) is 0 Å². The molecule has 2 aromatic rings. The number of carbonyl (C=O) groups is 1. The average Bonchev–Trinajstić information content (AvgIpc) is 2.99. The maximum atomic E-state index is 12.8. The predicted molar refractivity (Wildman–Crippen MR) is 124 cm³/mol. The summed E-state index contributed by atoms with van der Waals surface area (Å²) in [6, 6.07) is 12.6. The van der Waals surface area contributed by atoms with Gasteiger partial charge in [0.05, 0.1) is 6.04 Å². The number of nitrogens with one attached hydrogen (secondary N) is 1. The Kier molecular flexibility index (Phi) is 5.26. The van der Waals surface area contributed by atoms with Crippen LogP contribution in [0.25, 0.3) is 11.1 Å². The minimum Gasteiger partial charge on any atom is -0.445 e. The number of piperidine rings is 3. The fourth-order valence-corrected chi connectivity index (χ4v) is 5.92. The molecule has 2 aromatic carbocycles. The maximum absolute atomic E-state index is 12.8. The Bertz CT molecular complexity index is 1010. The van der Waals surface area contributed by atoms with Crippen LogP contribution in [-0.4, -0.2) is 36.7 Å². The summed E-state index contributed by atoms with van der Waals surface area (Å²) in [6.07, 6.45) is 2.95. The molecule has 164 valence electrons. The van der Waals surface area contributed by atoms with Crippen LogP contribution < -0.4 is 5.32 Å². The molecule has 4 nitrogen and oxygen atoms in total. The molecule has 3 heterocycles. The molecule has 3 saturated heterocycles. The van der Waals surface area contributed by atoms with Crippen LogP contribution in [0.2, 0.25) is 5.02 Å². The van der Waals surface area contributed by atoms with Gasteiger partial charge in [-0.25, -0.2) is 4.79 Å². The molecule has 5 heteroatoms. The number of rotatable bonds is 3. The molecule has 2 bridgehead atoms. The Hall–Kier alpha value is -2.04. The van der Waals surface area contributed by atoms with E-state index in [2.05, 4.69) is 55.3 Å². The molecule has 1 unspecified atom stereocenters. The molecule has 31 heavy (non-hydrogen) atoms. The van der Waals surface area contributed by atoms with E-state index in [0.717, 1.165) is 55.0 Å². The Balaban J connectivity index is 1.35. The zero-order valence-corrected chi connectivity index (χ0v) is 19.3. The maximum Gasteiger partial charge on any atom is 0.407 e. The molecule has 3 aliphatic heterocycles. The molecule has 0 saturated carbocycles. The highest BCUT2D eigenvalue weighted by Crippen LogP contribution is 2.46. The number of nitrogens with zero attached hydrogens (tertiary/aromatic N) is 1. The third-order valence-corrected chi connectivity index (χ3v) is 7.99. The first kappa shape index (κ1) is 20.8. The number of amides is 1. The van der Waals surface area contributed by atoms with Gasteiger partial charge in [-0.15, -0.1) is 0 Å². The van der Waals surface area contributed by atoms with E-state index in [-0.39, 0.29) is 23.7 Å². The lowest BCUT2D eigenvalue weighted by molar-refractivity contribution is -0.0348. The highest BCUT2D eigenvalue weighted by molar-refractivity contribution is 6.31. The molecule has 1 N–H and O–H groups in total. The van der Waals surface area contributed by atoms with Crippen molar-refractivity contribution in [3.8, 4) is 11.1 Å². The first-order valence-electron chi connectivity index (χ1n) is 11.4. The van der Waals surface area contributed by atoms with Gasteiger partial charge in [-0.05, 0) is 84.5 Å². The lowest BCUT2D eigenvalue weighted by Crippen LogP contribution is -2.53. The SMILES string of the molecule is Cc1c(Cl)cccc1-c1ccc2c(c1)CC(C)(C)C2NC(=O)O[C@@H]1CN2CCC1CC2. The molecule has 0 spiro atoms. The number of fused-ring (bicyclic) bond motifs is 4. The molecule has 6 rings (SSSR count). The molecule has 0 aromatic heterocycles. The van der Waals surface area contributed by atoms with Gasteiger partial charge in [0, 0.05) is 11.6 Å². The number of hydrogen-bond acceptors (Lipinski definition) is 3. The number of hydrogen-bond donors (Lipinski definition) is 1. The molecule has 3 fully saturated rings. The van der Waals surface area contributed by atoms with Crippen molar-refractivity contribution in [1.29, 1.82) is 0 Å². The standard InChI is InChI=1S/C26H31ClN2O2/c1-16-20(5-4-6-22(16)27)18-7-8-21-19(13-18)14-26(2,3)24(21)28-25(30)31-23-15-29-11-9-17(23)10-12-29/h4-8,13,17,23-24H,9-12,14-15H2,1-3H3,(H,28,30)/t23-,24?/m1/s1. The van der Waals surface area contributed by atoms with Crippen molar-refractivity contribution in [3.05, 3.63) is 58.1 Å². The zero-order valence-electron chi connectivity index (χ0n) is 18.6. The first-order chi connectivity index (χ1) is 14.8. The van der Waals surface area contributed by atoms with Crippen molar-refractivity contribution in [2.24, 2.45) is 11.3 Å². The molecule has 2 atom stereocenters. The number of carbonyl (C=O) groups excluding carboxylic acids is 1. The topological polar surface area (TPSA) is 41.6 Å². The minimum atomic E-state index is -0.278. The second-order valence-electron chi connectivity index (χ2n) is 10.2. The Morgan fingerprint density at radius 2 is 1.97 bits per heavy atom. The monoisotopic (exact) mass is 438 g/mol. The van der Waals surface area contributed by atoms with Gasteiger partial charge in [-0.3, -0.25) is 4.90 Å². The summed E-state index contributed by atoms with van der Waals surface area (Å²) in [5, 5.41) is 4.00. The van der Waals surface area contributed by atoms with Crippen molar-refractivity contribution < 1.29 is 9.53 Å². The Morgan fingerprint density at radius 3 is 2.68 bits per heavy atom. The summed E-state index contributed by atoms with van der Waals surface area (Å²) in [5.74, 6) is 0.517. The molecule has 1 aliphatic carbocycles. The third-order valence-electron chi connectivity index (χ3n) is 7.58. The van der Waals surface area contributed by atoms with E-state index in [4.69, 9.17) is 16.3 Å². The molecule has 4 aliphatic rings. The van der Waals surface area contributed by atoms with E-state index in [1.165, 1.54) is 16.7 Å². The van der Waals surface area contributed by atoms with E-state index in [1.807, 2.05) is 12.1 Å². The first-order valence-corrected chi connectivity index (χ1v) is 11.8. The van der Waals surface area contributed by atoms with E-state index < -0.39 is 0 Å². The summed E-state index contributed by atoms with van der Waals surface area (Å²) in [4.78, 5) is 15.3. The Labute approximate surface area is 189 Å². The largest absolute Gasteiger partial charge is 0.445 e. The van der Waals surface area contributed by atoms with Crippen LogP contribution in [0.15, 0.2) is 36.4 Å². The Morgan fingerprint density at radius 1 is 1.19 bits per heavy atom. The van der Waals surface area contributed by atoms with E-state index in [9.17, 15) is 4.79 Å². The quantitative estimate of drug-likeness (QED) is 0.662.